The van der Waals surface area contributed by atoms with Crippen molar-refractivity contribution in [2.24, 2.45) is 4.99 Å². The van der Waals surface area contributed by atoms with E-state index in [2.05, 4.69) is 17.1 Å². The number of fused-ring (bicyclic) bond motifs is 2. The smallest absolute Gasteiger partial charge is 0.252 e. The summed E-state index contributed by atoms with van der Waals surface area (Å²) in [6.07, 6.45) is 0.262. The van der Waals surface area contributed by atoms with E-state index >= 15 is 0 Å². The van der Waals surface area contributed by atoms with Gasteiger partial charge in [-0.2, -0.15) is 4.99 Å². The van der Waals surface area contributed by atoms with E-state index in [1.54, 1.807) is 7.11 Å². The Morgan fingerprint density at radius 2 is 1.87 bits per heavy atom. The van der Waals surface area contributed by atoms with Gasteiger partial charge in [0.2, 0.25) is 0 Å². The minimum absolute atomic E-state index is 0.165. The molecule has 3 aromatic carbocycles. The second-order valence-electron chi connectivity index (χ2n) is 6.86. The summed E-state index contributed by atoms with van der Waals surface area (Å²) in [4.78, 5) is 18.1. The lowest BCUT2D eigenvalue weighted by molar-refractivity contribution is -0.117. The van der Waals surface area contributed by atoms with E-state index in [0.29, 0.717) is 24.6 Å². The zero-order chi connectivity index (χ0) is 20.9. The number of hydrogen-bond acceptors (Lipinski definition) is 4. The molecular weight excluding hydrogens is 396 g/mol. The second kappa shape index (κ2) is 9.24. The molecule has 4 aromatic rings. The number of hydrogen-bond donors (Lipinski definition) is 0. The third kappa shape index (κ3) is 4.15. The molecule has 0 saturated heterocycles. The number of methoxy groups -OCH3 is 1. The first kappa shape index (κ1) is 20.3. The molecule has 6 heteroatoms. The van der Waals surface area contributed by atoms with Crippen LogP contribution in [0.1, 0.15) is 12.5 Å². The van der Waals surface area contributed by atoms with Crippen molar-refractivity contribution in [2.75, 3.05) is 20.3 Å². The fourth-order valence-corrected chi connectivity index (χ4v) is 4.70. The highest BCUT2D eigenvalue weighted by Crippen LogP contribution is 2.27. The average molecular weight is 421 g/mol. The van der Waals surface area contributed by atoms with Crippen molar-refractivity contribution >= 4 is 38.2 Å². The van der Waals surface area contributed by atoms with Crippen LogP contribution in [0.5, 0.6) is 5.75 Å². The Labute approximate surface area is 179 Å². The molecule has 0 fully saturated rings. The highest BCUT2D eigenvalue weighted by atomic mass is 32.1. The molecule has 5 nitrogen and oxygen atoms in total. The fraction of sp³-hybridized carbons (Fsp3) is 0.250. The molecule has 0 N–H and O–H groups in total. The first-order chi connectivity index (χ1) is 14.7. The van der Waals surface area contributed by atoms with Crippen LogP contribution in [0, 0.1) is 0 Å². The molecule has 1 amide bonds. The molecule has 0 aliphatic carbocycles. The van der Waals surface area contributed by atoms with Crippen molar-refractivity contribution in [2.45, 2.75) is 19.9 Å². The van der Waals surface area contributed by atoms with Crippen molar-refractivity contribution < 1.29 is 14.3 Å². The van der Waals surface area contributed by atoms with E-state index in [0.717, 1.165) is 32.3 Å². The minimum Gasteiger partial charge on any atom is -0.495 e. The molecule has 0 saturated carbocycles. The van der Waals surface area contributed by atoms with Crippen molar-refractivity contribution in [3.8, 4) is 5.75 Å². The predicted molar refractivity (Wildman–Crippen MR) is 121 cm³/mol. The van der Waals surface area contributed by atoms with Gasteiger partial charge in [0.25, 0.3) is 5.91 Å². The number of carbonyl (C=O) groups is 1. The highest BCUT2D eigenvalue weighted by Gasteiger charge is 2.13. The standard InChI is InChI=1S/C24H24N2O3S/c1-3-29-15-14-26-23-20(28-2)12-7-13-21(23)30-24(26)25-22(27)16-18-10-6-9-17-8-4-5-11-19(17)18/h4-13H,3,14-16H2,1-2H3. The maximum absolute atomic E-state index is 12.9. The van der Waals surface area contributed by atoms with E-state index < -0.39 is 0 Å². The molecule has 0 spiro atoms. The van der Waals surface area contributed by atoms with Gasteiger partial charge in [0.05, 0.1) is 24.8 Å². The summed E-state index contributed by atoms with van der Waals surface area (Å²) in [5, 5.41) is 2.21. The van der Waals surface area contributed by atoms with Gasteiger partial charge >= 0.3 is 0 Å². The maximum atomic E-state index is 12.9. The SMILES string of the molecule is CCOCCn1c(=NC(=O)Cc2cccc3ccccc23)sc2cccc(OC)c21. The number of ether oxygens (including phenoxy) is 2. The molecule has 30 heavy (non-hydrogen) atoms. The first-order valence-corrected chi connectivity index (χ1v) is 10.8. The molecular formula is C24H24N2O3S. The van der Waals surface area contributed by atoms with Crippen LogP contribution in [0.3, 0.4) is 0 Å². The molecule has 0 atom stereocenters. The van der Waals surface area contributed by atoms with Crippen molar-refractivity contribution in [3.05, 3.63) is 71.0 Å². The Bertz CT molecular complexity index is 1250. The van der Waals surface area contributed by atoms with Crippen LogP contribution in [0.25, 0.3) is 21.0 Å². The summed E-state index contributed by atoms with van der Waals surface area (Å²) in [7, 11) is 1.65. The summed E-state index contributed by atoms with van der Waals surface area (Å²) >= 11 is 1.49. The van der Waals surface area contributed by atoms with Gasteiger partial charge in [-0.15, -0.1) is 0 Å². The zero-order valence-corrected chi connectivity index (χ0v) is 17.9. The van der Waals surface area contributed by atoms with Gasteiger partial charge < -0.3 is 14.0 Å². The number of thiazole rings is 1. The Kier molecular flexibility index (Phi) is 6.26. The van der Waals surface area contributed by atoms with Gasteiger partial charge in [-0.3, -0.25) is 4.79 Å². The number of rotatable bonds is 7. The van der Waals surface area contributed by atoms with Crippen LogP contribution in [-0.4, -0.2) is 30.8 Å². The fourth-order valence-electron chi connectivity index (χ4n) is 3.61. The van der Waals surface area contributed by atoms with Gasteiger partial charge in [0.15, 0.2) is 4.80 Å². The van der Waals surface area contributed by atoms with Gasteiger partial charge in [-0.05, 0) is 35.4 Å². The Hall–Kier alpha value is -2.96. The number of nitrogens with zero attached hydrogens (tertiary/aromatic N) is 2. The quantitative estimate of drug-likeness (QED) is 0.412. The lowest BCUT2D eigenvalue weighted by Gasteiger charge is -2.08. The van der Waals surface area contributed by atoms with Gasteiger partial charge in [0, 0.05) is 13.2 Å². The summed E-state index contributed by atoms with van der Waals surface area (Å²) < 4.78 is 14.2. The topological polar surface area (TPSA) is 52.8 Å². The number of amides is 1. The maximum Gasteiger partial charge on any atom is 0.252 e. The normalized spacial score (nSPS) is 12.0. The van der Waals surface area contributed by atoms with Crippen LogP contribution >= 0.6 is 11.3 Å². The first-order valence-electron chi connectivity index (χ1n) is 9.99. The Morgan fingerprint density at radius 3 is 2.70 bits per heavy atom. The lowest BCUT2D eigenvalue weighted by Crippen LogP contribution is -2.20. The van der Waals surface area contributed by atoms with Crippen molar-refractivity contribution in [3.63, 3.8) is 0 Å². The predicted octanol–water partition coefficient (Wildman–Crippen LogP) is 4.57. The second-order valence-corrected chi connectivity index (χ2v) is 7.87. The van der Waals surface area contributed by atoms with E-state index in [-0.39, 0.29) is 12.3 Å². The third-order valence-corrected chi connectivity index (χ3v) is 6.03. The van der Waals surface area contributed by atoms with Gasteiger partial charge in [-0.1, -0.05) is 59.9 Å². The van der Waals surface area contributed by atoms with E-state index in [1.807, 2.05) is 60.0 Å². The number of benzene rings is 3. The summed E-state index contributed by atoms with van der Waals surface area (Å²) in [6.45, 7) is 3.77. The van der Waals surface area contributed by atoms with Crippen molar-refractivity contribution in [1.29, 1.82) is 0 Å². The molecule has 0 unspecified atom stereocenters. The molecule has 0 radical (unpaired) electrons. The summed E-state index contributed by atoms with van der Waals surface area (Å²) in [5.74, 6) is 0.602. The Balaban J connectivity index is 1.73. The minimum atomic E-state index is -0.165. The monoisotopic (exact) mass is 420 g/mol. The van der Waals surface area contributed by atoms with E-state index in [9.17, 15) is 4.79 Å². The lowest BCUT2D eigenvalue weighted by atomic mass is 10.0. The molecule has 154 valence electrons. The highest BCUT2D eigenvalue weighted by molar-refractivity contribution is 7.16. The number of carbonyl (C=O) groups excluding carboxylic acids is 1. The average Bonchev–Trinajstić information content (AvgIpc) is 3.11. The van der Waals surface area contributed by atoms with Crippen LogP contribution in [0.4, 0.5) is 0 Å². The molecule has 4 rings (SSSR count). The van der Waals surface area contributed by atoms with Gasteiger partial charge in [0.1, 0.15) is 11.3 Å². The molecule has 1 heterocycles. The van der Waals surface area contributed by atoms with Crippen molar-refractivity contribution in [1.82, 2.24) is 4.57 Å². The molecule has 1 aromatic heterocycles. The molecule has 0 bridgehead atoms. The van der Waals surface area contributed by atoms with Crippen LogP contribution in [-0.2, 0) is 22.5 Å². The van der Waals surface area contributed by atoms with Gasteiger partial charge in [-0.25, -0.2) is 0 Å². The summed E-state index contributed by atoms with van der Waals surface area (Å²) in [6, 6.07) is 20.0. The van der Waals surface area contributed by atoms with Crippen LogP contribution < -0.4 is 9.54 Å². The zero-order valence-electron chi connectivity index (χ0n) is 17.1. The van der Waals surface area contributed by atoms with Crippen LogP contribution in [0.15, 0.2) is 65.7 Å². The van der Waals surface area contributed by atoms with Crippen LogP contribution in [0.2, 0.25) is 0 Å². The molecule has 0 aliphatic heterocycles. The number of para-hydroxylation sites is 1. The summed E-state index contributed by atoms with van der Waals surface area (Å²) in [5.41, 5.74) is 1.93. The third-order valence-electron chi connectivity index (χ3n) is 4.99. The molecule has 0 aliphatic rings. The Morgan fingerprint density at radius 1 is 1.07 bits per heavy atom. The van der Waals surface area contributed by atoms with E-state index in [4.69, 9.17) is 9.47 Å². The van der Waals surface area contributed by atoms with E-state index in [1.165, 1.54) is 11.3 Å². The largest absolute Gasteiger partial charge is 0.495 e. The number of aromatic nitrogens is 1.